The van der Waals surface area contributed by atoms with E-state index in [1.165, 1.54) is 14.0 Å². The lowest BCUT2D eigenvalue weighted by molar-refractivity contribution is -0.317. The van der Waals surface area contributed by atoms with E-state index in [0.717, 1.165) is 6.54 Å². The van der Waals surface area contributed by atoms with Crippen LogP contribution in [0, 0.1) is 23.7 Å². The largest absolute Gasteiger partial charge is 0.459 e. The topological polar surface area (TPSA) is 210 Å². The summed E-state index contributed by atoms with van der Waals surface area (Å²) in [6, 6.07) is -0.318. The molecule has 9 unspecified atom stereocenters. The van der Waals surface area contributed by atoms with Crippen LogP contribution in [0.25, 0.3) is 0 Å². The Morgan fingerprint density at radius 2 is 1.59 bits per heavy atom. The number of aliphatic hydroxyl groups excluding tert-OH is 3. The van der Waals surface area contributed by atoms with E-state index in [1.54, 1.807) is 48.5 Å². The van der Waals surface area contributed by atoms with Crippen molar-refractivity contribution in [2.45, 2.75) is 186 Å². The van der Waals surface area contributed by atoms with Crippen molar-refractivity contribution >= 4 is 11.7 Å². The van der Waals surface area contributed by atoms with Crippen LogP contribution in [0.2, 0.25) is 0 Å². The fourth-order valence-corrected chi connectivity index (χ4v) is 9.13. The van der Waals surface area contributed by atoms with Crippen molar-refractivity contribution in [1.29, 1.82) is 0 Å². The highest BCUT2D eigenvalue weighted by Crippen LogP contribution is 2.41. The number of nitrogens with zero attached hydrogens (tertiary/aromatic N) is 2. The van der Waals surface area contributed by atoms with Gasteiger partial charge in [0.05, 0.1) is 53.4 Å². The molecule has 0 amide bonds. The Labute approximate surface area is 352 Å². The van der Waals surface area contributed by atoms with Gasteiger partial charge in [-0.15, -0.1) is 0 Å². The number of hydrogen-bond acceptors (Lipinski definition) is 16. The minimum atomic E-state index is -1.94. The second-order valence-electron chi connectivity index (χ2n) is 18.2. The Morgan fingerprint density at radius 1 is 0.932 bits per heavy atom. The number of esters is 1. The van der Waals surface area contributed by atoms with Crippen LogP contribution in [0.4, 0.5) is 0 Å². The van der Waals surface area contributed by atoms with Crippen LogP contribution >= 0.6 is 0 Å². The highest BCUT2D eigenvalue weighted by Gasteiger charge is 2.53. The lowest BCUT2D eigenvalue weighted by Crippen LogP contribution is -2.61. The van der Waals surface area contributed by atoms with Gasteiger partial charge in [0.25, 0.3) is 0 Å². The second kappa shape index (κ2) is 22.0. The van der Waals surface area contributed by atoms with Gasteiger partial charge in [0, 0.05) is 43.9 Å². The first-order valence-corrected chi connectivity index (χ1v) is 21.5. The van der Waals surface area contributed by atoms with Crippen LogP contribution < -0.4 is 5.32 Å². The predicted molar refractivity (Wildman–Crippen MR) is 222 cm³/mol. The van der Waals surface area contributed by atoms with Gasteiger partial charge in [-0.1, -0.05) is 45.9 Å². The first-order valence-electron chi connectivity index (χ1n) is 21.5. The second-order valence-corrected chi connectivity index (χ2v) is 18.2. The van der Waals surface area contributed by atoms with Gasteiger partial charge in [-0.2, -0.15) is 0 Å². The van der Waals surface area contributed by atoms with E-state index in [-0.39, 0.29) is 38.0 Å². The summed E-state index contributed by atoms with van der Waals surface area (Å²) in [7, 11) is 5.24. The smallest absolute Gasteiger partial charge is 0.311 e. The van der Waals surface area contributed by atoms with E-state index in [4.69, 9.17) is 33.3 Å². The summed E-state index contributed by atoms with van der Waals surface area (Å²) >= 11 is 0. The molecule has 0 aromatic carbocycles. The zero-order valence-electron chi connectivity index (χ0n) is 38.2. The number of rotatable bonds is 13. The molecule has 3 saturated heterocycles. The van der Waals surface area contributed by atoms with E-state index < -0.39 is 102 Å². The highest BCUT2D eigenvalue weighted by molar-refractivity contribution is 5.88. The first-order chi connectivity index (χ1) is 27.5. The molecule has 3 fully saturated rings. The quantitative estimate of drug-likeness (QED) is 0.0682. The van der Waals surface area contributed by atoms with E-state index in [0.29, 0.717) is 18.7 Å². The molecule has 3 heterocycles. The maximum Gasteiger partial charge on any atom is 0.311 e. The van der Waals surface area contributed by atoms with Crippen molar-refractivity contribution < 1.29 is 63.6 Å². The third-order valence-corrected chi connectivity index (χ3v) is 12.9. The zero-order valence-corrected chi connectivity index (χ0v) is 38.2. The van der Waals surface area contributed by atoms with Crippen LogP contribution in [0.3, 0.4) is 0 Å². The number of oxime groups is 1. The molecule has 3 aliphatic rings. The van der Waals surface area contributed by atoms with Crippen molar-refractivity contribution in [1.82, 2.24) is 10.2 Å². The summed E-state index contributed by atoms with van der Waals surface area (Å²) in [4.78, 5) is 22.0. The monoisotopic (exact) mass is 846 g/mol. The third-order valence-electron chi connectivity index (χ3n) is 12.9. The molecule has 3 aliphatic heterocycles. The fourth-order valence-electron chi connectivity index (χ4n) is 9.13. The normalized spacial score (nSPS) is 45.4. The maximum atomic E-state index is 14.4. The molecule has 16 nitrogen and oxygen atoms in total. The van der Waals surface area contributed by atoms with Crippen LogP contribution in [-0.2, 0) is 38.1 Å². The van der Waals surface area contributed by atoms with Gasteiger partial charge in [0.2, 0.25) is 0 Å². The Hall–Kier alpha value is -1.80. The van der Waals surface area contributed by atoms with E-state index >= 15 is 0 Å². The van der Waals surface area contributed by atoms with Crippen molar-refractivity contribution in [2.75, 3.05) is 40.9 Å². The number of likely N-dealkylation sites (N-methyl/N-ethyl adjacent to an activating group) is 2. The van der Waals surface area contributed by atoms with Gasteiger partial charge >= 0.3 is 5.97 Å². The zero-order chi connectivity index (χ0) is 44.6. The van der Waals surface area contributed by atoms with Crippen LogP contribution in [0.5, 0.6) is 0 Å². The summed E-state index contributed by atoms with van der Waals surface area (Å²) < 4.78 is 37.8. The molecule has 0 aromatic heterocycles. The van der Waals surface area contributed by atoms with Gasteiger partial charge in [0.15, 0.2) is 12.6 Å². The Balaban J connectivity index is 2.22. The van der Waals surface area contributed by atoms with E-state index in [2.05, 4.69) is 10.5 Å². The van der Waals surface area contributed by atoms with Crippen molar-refractivity contribution in [2.24, 2.45) is 28.8 Å². The van der Waals surface area contributed by atoms with Crippen molar-refractivity contribution in [3.63, 3.8) is 0 Å². The van der Waals surface area contributed by atoms with Gasteiger partial charge < -0.3 is 69.0 Å². The molecular weight excluding hydrogens is 766 g/mol. The van der Waals surface area contributed by atoms with Gasteiger partial charge in [-0.3, -0.25) is 4.79 Å². The molecular formula is C43H79N3O13. The fraction of sp³-hybridized carbons (Fsp3) is 0.907. The average molecular weight is 846 g/mol. The van der Waals surface area contributed by atoms with Crippen molar-refractivity contribution in [3.05, 3.63) is 12.2 Å². The molecule has 0 aromatic rings. The Bertz CT molecular complexity index is 1370. The van der Waals surface area contributed by atoms with Gasteiger partial charge in [-0.05, 0) is 87.5 Å². The number of nitrogens with one attached hydrogen (secondary N) is 1. The number of ether oxygens (including phenoxy) is 6. The summed E-state index contributed by atoms with van der Waals surface area (Å²) in [5.74, 6) is -4.01. The minimum Gasteiger partial charge on any atom is -0.459 e. The minimum absolute atomic E-state index is 0.00277. The van der Waals surface area contributed by atoms with Crippen molar-refractivity contribution in [3.8, 4) is 0 Å². The van der Waals surface area contributed by atoms with Gasteiger partial charge in [0.1, 0.15) is 30.5 Å². The van der Waals surface area contributed by atoms with Crippen LogP contribution in [0.15, 0.2) is 17.3 Å². The number of carbonyl (C=O) groups is 1. The van der Waals surface area contributed by atoms with Crippen LogP contribution in [0.1, 0.15) is 102 Å². The van der Waals surface area contributed by atoms with E-state index in [1.807, 2.05) is 51.9 Å². The molecule has 0 spiro atoms. The molecule has 16 heteroatoms. The number of cyclic esters (lactones) is 1. The summed E-state index contributed by atoms with van der Waals surface area (Å²) in [5, 5.41) is 67.0. The predicted octanol–water partition coefficient (Wildman–Crippen LogP) is 2.75. The molecule has 0 saturated carbocycles. The van der Waals surface area contributed by atoms with E-state index in [9.17, 15) is 30.3 Å². The Morgan fingerprint density at radius 3 is 2.19 bits per heavy atom. The molecule has 0 aliphatic carbocycles. The molecule has 6 N–H and O–H groups in total. The summed E-state index contributed by atoms with van der Waals surface area (Å²) in [6.45, 7) is 20.7. The summed E-state index contributed by atoms with van der Waals surface area (Å²) in [5.41, 5.74) is -4.37. The van der Waals surface area contributed by atoms with Crippen LogP contribution in [-0.4, -0.2) is 167 Å². The SMILES string of the molecule is CCNCC=CCON=C1[C@H](C)CC(C)(O)[C@H](OC2OC(C)CC(N(C)C)C2O)[C@@H](C)[C@H](OC2CC(C)(OC)C(O)C(C)O2)[C@@H](C)C(=O)O[C@H](CC)[C@@](C)(O)[C@H](O)[C@H]1C. The van der Waals surface area contributed by atoms with Gasteiger partial charge in [-0.25, -0.2) is 0 Å². The first kappa shape index (κ1) is 51.5. The molecule has 3 rings (SSSR count). The number of carbonyl (C=O) groups excluding carboxylic acids is 1. The number of methoxy groups -OCH3 is 1. The average Bonchev–Trinajstić information content (AvgIpc) is 3.17. The molecule has 0 radical (unpaired) electrons. The lowest BCUT2D eigenvalue weighted by atomic mass is 9.73. The molecule has 344 valence electrons. The maximum absolute atomic E-state index is 14.4. The number of aliphatic hydroxyl groups is 5. The molecule has 0 bridgehead atoms. The molecule has 59 heavy (non-hydrogen) atoms. The summed E-state index contributed by atoms with van der Waals surface area (Å²) in [6.07, 6.45) is -5.55. The third kappa shape index (κ3) is 12.7. The molecule has 18 atom stereocenters. The standard InChI is InChI=1S/C43H79N3O13/c1-15-31-43(11,52)36(48)26(5)33(45-54-20-18-17-19-44-16-2)24(3)22-41(9,51)38(59-40-34(47)30(46(12)13)21-25(4)55-40)27(6)35(28(7)39(50)57-31)58-32-23-42(10,53-14)37(49)29(8)56-32/h17-18,24-32,34-38,40,44,47-49,51-52H,15-16,19-23H2,1-14H3/t24-,25?,26+,27+,28-,29?,30?,31-,32?,34?,35+,36-,37?,38-,40?,41?,42?,43-/m1/s1. The Kier molecular flexibility index (Phi) is 19.2. The highest BCUT2D eigenvalue weighted by atomic mass is 16.7. The lowest BCUT2D eigenvalue weighted by Gasteiger charge is -2.49. The number of hydrogen-bond donors (Lipinski definition) is 6.